The highest BCUT2D eigenvalue weighted by atomic mass is 32.1. The molecule has 5 rings (SSSR count). The Balaban J connectivity index is 1.65. The summed E-state index contributed by atoms with van der Waals surface area (Å²) in [6.07, 6.45) is 6.97. The molecule has 3 aromatic heterocycles. The van der Waals surface area contributed by atoms with Crippen LogP contribution in [0.1, 0.15) is 55.7 Å². The van der Waals surface area contributed by atoms with E-state index in [4.69, 9.17) is 15.2 Å². The maximum atomic E-state index is 13.1. The molecule has 0 atom stereocenters. The molecule has 4 heterocycles. The number of aromatic nitrogens is 4. The van der Waals surface area contributed by atoms with Crippen molar-refractivity contribution in [1.29, 1.82) is 0 Å². The largest absolute Gasteiger partial charge is 0.333 e. The normalized spacial score (nSPS) is 19.2. The van der Waals surface area contributed by atoms with Gasteiger partial charge in [-0.05, 0) is 44.6 Å². The second kappa shape index (κ2) is 5.72. The minimum absolute atomic E-state index is 0.0564. The van der Waals surface area contributed by atoms with Crippen LogP contribution in [0.3, 0.4) is 0 Å². The van der Waals surface area contributed by atoms with Gasteiger partial charge >= 0.3 is 0 Å². The lowest BCUT2D eigenvalue weighted by molar-refractivity contribution is 0.229. The molecule has 0 bridgehead atoms. The summed E-state index contributed by atoms with van der Waals surface area (Å²) in [4.78, 5) is 24.0. The molecule has 8 heteroatoms. The summed E-state index contributed by atoms with van der Waals surface area (Å²) in [5.41, 5.74) is 6.77. The van der Waals surface area contributed by atoms with Crippen molar-refractivity contribution in [3.8, 4) is 10.8 Å². The summed E-state index contributed by atoms with van der Waals surface area (Å²) in [5, 5.41) is 4.78. The second-order valence-corrected chi connectivity index (χ2v) is 8.46. The van der Waals surface area contributed by atoms with Crippen molar-refractivity contribution >= 4 is 21.6 Å². The molecule has 1 fully saturated rings. The molecule has 1 aliphatic heterocycles. The molecule has 0 unspecified atom stereocenters. The minimum atomic E-state index is -0.457. The average Bonchev–Trinajstić information content (AvgIpc) is 3.12. The van der Waals surface area contributed by atoms with Crippen LogP contribution in [-0.2, 0) is 18.5 Å². The van der Waals surface area contributed by atoms with Crippen LogP contribution in [0.25, 0.3) is 21.0 Å². The fourth-order valence-corrected chi connectivity index (χ4v) is 5.03. The maximum Gasteiger partial charge on any atom is 0.268 e. The zero-order valence-electron chi connectivity index (χ0n) is 14.7. The van der Waals surface area contributed by atoms with Crippen LogP contribution in [0.15, 0.2) is 9.32 Å². The van der Waals surface area contributed by atoms with Crippen molar-refractivity contribution in [2.75, 3.05) is 0 Å². The van der Waals surface area contributed by atoms with Gasteiger partial charge in [-0.2, -0.15) is 4.98 Å². The lowest BCUT2D eigenvalue weighted by atomic mass is 9.77. The topological polar surface area (TPSA) is 99.8 Å². The van der Waals surface area contributed by atoms with Gasteiger partial charge in [0.15, 0.2) is 5.82 Å². The Hall–Kier alpha value is -2.06. The van der Waals surface area contributed by atoms with E-state index in [2.05, 4.69) is 10.1 Å². The van der Waals surface area contributed by atoms with Crippen molar-refractivity contribution in [1.82, 2.24) is 19.7 Å². The zero-order chi connectivity index (χ0) is 17.9. The van der Waals surface area contributed by atoms with E-state index in [1.54, 1.807) is 0 Å². The van der Waals surface area contributed by atoms with E-state index in [1.165, 1.54) is 11.3 Å². The van der Waals surface area contributed by atoms with E-state index in [1.807, 2.05) is 11.5 Å². The number of nitrogens with two attached hydrogens (primary N) is 1. The number of hydrogen-bond acceptors (Lipinski definition) is 7. The first-order chi connectivity index (χ1) is 12.6. The summed E-state index contributed by atoms with van der Waals surface area (Å²) < 4.78 is 7.35. The molecule has 1 aliphatic carbocycles. The van der Waals surface area contributed by atoms with Gasteiger partial charge in [-0.25, -0.2) is 4.98 Å². The van der Waals surface area contributed by atoms with Crippen LogP contribution in [0, 0.1) is 6.92 Å². The summed E-state index contributed by atoms with van der Waals surface area (Å²) in [6.45, 7) is 2.69. The average molecular weight is 371 g/mol. The van der Waals surface area contributed by atoms with Crippen LogP contribution in [0.5, 0.6) is 0 Å². The Morgan fingerprint density at radius 2 is 2.04 bits per heavy atom. The highest BCUT2D eigenvalue weighted by Crippen LogP contribution is 2.40. The van der Waals surface area contributed by atoms with E-state index in [9.17, 15) is 4.79 Å². The molecule has 26 heavy (non-hydrogen) atoms. The van der Waals surface area contributed by atoms with Crippen LogP contribution >= 0.6 is 11.3 Å². The van der Waals surface area contributed by atoms with Gasteiger partial charge in [0, 0.05) is 13.0 Å². The molecule has 136 valence electrons. The molecule has 0 spiro atoms. The molecule has 7 nitrogen and oxygen atoms in total. The first kappa shape index (κ1) is 16.1. The van der Waals surface area contributed by atoms with Crippen molar-refractivity contribution in [2.24, 2.45) is 5.73 Å². The Morgan fingerprint density at radius 3 is 2.81 bits per heavy atom. The Kier molecular flexibility index (Phi) is 3.55. The van der Waals surface area contributed by atoms with Gasteiger partial charge in [0.05, 0.1) is 15.8 Å². The van der Waals surface area contributed by atoms with E-state index >= 15 is 0 Å². The van der Waals surface area contributed by atoms with Gasteiger partial charge in [0.2, 0.25) is 0 Å². The second-order valence-electron chi connectivity index (χ2n) is 7.46. The highest BCUT2D eigenvalue weighted by molar-refractivity contribution is 7.22. The molecule has 1 saturated carbocycles. The van der Waals surface area contributed by atoms with Crippen molar-refractivity contribution in [3.63, 3.8) is 0 Å². The minimum Gasteiger partial charge on any atom is -0.333 e. The molecular weight excluding hydrogens is 350 g/mol. The van der Waals surface area contributed by atoms with Gasteiger partial charge in [-0.3, -0.25) is 9.36 Å². The van der Waals surface area contributed by atoms with E-state index in [0.29, 0.717) is 17.1 Å². The maximum absolute atomic E-state index is 13.1. The van der Waals surface area contributed by atoms with Gasteiger partial charge in [-0.1, -0.05) is 11.6 Å². The molecule has 2 aliphatic rings. The monoisotopic (exact) mass is 371 g/mol. The SMILES string of the molecule is Cc1c(-c2nc(C3(N)CCC3)no2)sc2nc3n(c(=O)c12)CCCCC3. The lowest BCUT2D eigenvalue weighted by Crippen LogP contribution is -2.44. The summed E-state index contributed by atoms with van der Waals surface area (Å²) in [6, 6.07) is 0. The predicted octanol–water partition coefficient (Wildman–Crippen LogP) is 2.88. The number of rotatable bonds is 2. The first-order valence-corrected chi connectivity index (χ1v) is 10.0. The lowest BCUT2D eigenvalue weighted by Gasteiger charge is -2.34. The van der Waals surface area contributed by atoms with Crippen molar-refractivity contribution < 1.29 is 4.52 Å². The van der Waals surface area contributed by atoms with Gasteiger partial charge in [0.1, 0.15) is 10.7 Å². The van der Waals surface area contributed by atoms with Crippen molar-refractivity contribution in [3.05, 3.63) is 27.6 Å². The third-order valence-corrected chi connectivity index (χ3v) is 6.90. The number of aryl methyl sites for hydroxylation is 2. The van der Waals surface area contributed by atoms with Crippen LogP contribution in [0.4, 0.5) is 0 Å². The third-order valence-electron chi connectivity index (χ3n) is 5.72. The smallest absolute Gasteiger partial charge is 0.268 e. The Labute approximate surface area is 154 Å². The fraction of sp³-hybridized carbons (Fsp3) is 0.556. The fourth-order valence-electron chi connectivity index (χ4n) is 3.91. The standard InChI is InChI=1S/C18H21N5O2S/c1-10-12-15(20-11-6-3-2-4-9-23(11)16(12)24)26-13(10)14-21-17(22-25-14)18(19)7-5-8-18/h2-9,19H2,1H3. The number of nitrogens with zero attached hydrogens (tertiary/aromatic N) is 4. The quantitative estimate of drug-likeness (QED) is 0.743. The summed E-state index contributed by atoms with van der Waals surface area (Å²) in [5.74, 6) is 1.90. The molecule has 2 N–H and O–H groups in total. The zero-order valence-corrected chi connectivity index (χ0v) is 15.6. The number of hydrogen-bond donors (Lipinski definition) is 1. The molecule has 0 amide bonds. The molecule has 3 aromatic rings. The van der Waals surface area contributed by atoms with Crippen molar-refractivity contribution in [2.45, 2.75) is 64.0 Å². The molecular formula is C18H21N5O2S. The summed E-state index contributed by atoms with van der Waals surface area (Å²) >= 11 is 1.46. The highest BCUT2D eigenvalue weighted by Gasteiger charge is 2.39. The molecule has 0 saturated heterocycles. The molecule has 0 aromatic carbocycles. The first-order valence-electron chi connectivity index (χ1n) is 9.23. The van der Waals surface area contributed by atoms with Gasteiger partial charge < -0.3 is 10.3 Å². The van der Waals surface area contributed by atoms with Gasteiger partial charge in [0.25, 0.3) is 11.4 Å². The van der Waals surface area contributed by atoms with Crippen LogP contribution in [0.2, 0.25) is 0 Å². The van der Waals surface area contributed by atoms with E-state index < -0.39 is 5.54 Å². The Morgan fingerprint density at radius 1 is 1.19 bits per heavy atom. The van der Waals surface area contributed by atoms with E-state index in [0.717, 1.165) is 72.6 Å². The summed E-state index contributed by atoms with van der Waals surface area (Å²) in [7, 11) is 0. The Bertz CT molecular complexity index is 1060. The number of thiophene rings is 1. The third kappa shape index (κ3) is 2.28. The van der Waals surface area contributed by atoms with Crippen LogP contribution in [-0.4, -0.2) is 19.7 Å². The predicted molar refractivity (Wildman–Crippen MR) is 99.2 cm³/mol. The number of fused-ring (bicyclic) bond motifs is 2. The van der Waals surface area contributed by atoms with Gasteiger partial charge in [-0.15, -0.1) is 11.3 Å². The van der Waals surface area contributed by atoms with E-state index in [-0.39, 0.29) is 5.56 Å². The molecule has 0 radical (unpaired) electrons. The van der Waals surface area contributed by atoms with Crippen LogP contribution < -0.4 is 11.3 Å².